The second-order valence-electron chi connectivity index (χ2n) is 6.04. The van der Waals surface area contributed by atoms with Crippen LogP contribution in [0.2, 0.25) is 0 Å². The molecule has 0 spiro atoms. The maximum Gasteiger partial charge on any atom is 0.115 e. The molecule has 1 aliphatic rings. The molecule has 0 aromatic heterocycles. The van der Waals surface area contributed by atoms with E-state index in [1.54, 1.807) is 7.11 Å². The molecule has 18 heavy (non-hydrogen) atoms. The second-order valence-corrected chi connectivity index (χ2v) is 6.04. The first kappa shape index (κ1) is 13.6. The summed E-state index contributed by atoms with van der Waals surface area (Å²) in [6.45, 7) is 5.67. The molecule has 100 valence electrons. The standard InChI is InChI=1S/C16H24O2/c1-15(2,18-4)16(3,17)14-10-6-9-13(11-14)12-7-5-8-12/h6,9-12,17H,5,7-8H2,1-4H3. The minimum atomic E-state index is -0.985. The highest BCUT2D eigenvalue weighted by molar-refractivity contribution is 5.32. The fourth-order valence-electron chi connectivity index (χ4n) is 2.38. The van der Waals surface area contributed by atoms with Crippen LogP contribution in [0, 0.1) is 0 Å². The molecular formula is C16H24O2. The van der Waals surface area contributed by atoms with E-state index in [9.17, 15) is 5.11 Å². The maximum absolute atomic E-state index is 10.8. The number of hydrogen-bond donors (Lipinski definition) is 1. The van der Waals surface area contributed by atoms with Crippen molar-refractivity contribution in [3.05, 3.63) is 35.4 Å². The van der Waals surface area contributed by atoms with Crippen LogP contribution >= 0.6 is 0 Å². The summed E-state index contributed by atoms with van der Waals surface area (Å²) in [6, 6.07) is 8.35. The van der Waals surface area contributed by atoms with Crippen LogP contribution in [0.25, 0.3) is 0 Å². The Labute approximate surface area is 110 Å². The van der Waals surface area contributed by atoms with Crippen molar-refractivity contribution in [2.45, 2.75) is 57.2 Å². The Morgan fingerprint density at radius 2 is 1.89 bits per heavy atom. The van der Waals surface area contributed by atoms with Crippen molar-refractivity contribution in [3.8, 4) is 0 Å². The van der Waals surface area contributed by atoms with E-state index in [1.807, 2.05) is 32.9 Å². The van der Waals surface area contributed by atoms with Gasteiger partial charge in [-0.05, 0) is 50.7 Å². The van der Waals surface area contributed by atoms with Gasteiger partial charge in [-0.3, -0.25) is 0 Å². The molecule has 1 fully saturated rings. The summed E-state index contributed by atoms with van der Waals surface area (Å²) in [5.74, 6) is 0.686. The van der Waals surface area contributed by atoms with E-state index in [0.29, 0.717) is 5.92 Å². The van der Waals surface area contributed by atoms with Gasteiger partial charge in [0.25, 0.3) is 0 Å². The molecule has 0 bridgehead atoms. The van der Waals surface area contributed by atoms with Crippen molar-refractivity contribution in [2.75, 3.05) is 7.11 Å². The smallest absolute Gasteiger partial charge is 0.115 e. The Kier molecular flexibility index (Phi) is 3.52. The summed E-state index contributed by atoms with van der Waals surface area (Å²) in [5.41, 5.74) is 0.705. The lowest BCUT2D eigenvalue weighted by Crippen LogP contribution is -2.46. The Balaban J connectivity index is 2.32. The third-order valence-corrected chi connectivity index (χ3v) is 4.71. The van der Waals surface area contributed by atoms with Gasteiger partial charge in [0.2, 0.25) is 0 Å². The van der Waals surface area contributed by atoms with Crippen LogP contribution < -0.4 is 0 Å². The fraction of sp³-hybridized carbons (Fsp3) is 0.625. The van der Waals surface area contributed by atoms with Gasteiger partial charge in [-0.1, -0.05) is 30.7 Å². The Morgan fingerprint density at radius 1 is 1.22 bits per heavy atom. The van der Waals surface area contributed by atoms with E-state index in [-0.39, 0.29) is 0 Å². The van der Waals surface area contributed by atoms with E-state index in [2.05, 4.69) is 12.1 Å². The topological polar surface area (TPSA) is 29.5 Å². The van der Waals surface area contributed by atoms with Crippen LogP contribution in [0.5, 0.6) is 0 Å². The normalized spacial score (nSPS) is 20.3. The fourth-order valence-corrected chi connectivity index (χ4v) is 2.38. The van der Waals surface area contributed by atoms with Crippen molar-refractivity contribution < 1.29 is 9.84 Å². The lowest BCUT2D eigenvalue weighted by atomic mass is 9.76. The highest BCUT2D eigenvalue weighted by Gasteiger charge is 2.41. The quantitative estimate of drug-likeness (QED) is 0.882. The number of benzene rings is 1. The molecule has 1 saturated carbocycles. The molecule has 1 N–H and O–H groups in total. The molecule has 0 saturated heterocycles. The summed E-state index contributed by atoms with van der Waals surface area (Å²) < 4.78 is 5.45. The summed E-state index contributed by atoms with van der Waals surface area (Å²) in [6.07, 6.45) is 3.88. The van der Waals surface area contributed by atoms with Crippen LogP contribution in [0.1, 0.15) is 57.1 Å². The van der Waals surface area contributed by atoms with Gasteiger partial charge in [-0.2, -0.15) is 0 Å². The summed E-state index contributed by atoms with van der Waals surface area (Å²) >= 11 is 0. The average Bonchev–Trinajstić information content (AvgIpc) is 2.27. The first-order valence-corrected chi connectivity index (χ1v) is 6.76. The van der Waals surface area contributed by atoms with Gasteiger partial charge in [0.1, 0.15) is 5.60 Å². The van der Waals surface area contributed by atoms with E-state index in [0.717, 1.165) is 5.56 Å². The monoisotopic (exact) mass is 248 g/mol. The number of ether oxygens (including phenoxy) is 1. The van der Waals surface area contributed by atoms with Gasteiger partial charge >= 0.3 is 0 Å². The van der Waals surface area contributed by atoms with E-state index >= 15 is 0 Å². The van der Waals surface area contributed by atoms with Crippen LogP contribution in [0.3, 0.4) is 0 Å². The second kappa shape index (κ2) is 4.67. The van der Waals surface area contributed by atoms with Gasteiger partial charge < -0.3 is 9.84 Å². The number of hydrogen-bond acceptors (Lipinski definition) is 2. The molecular weight excluding hydrogens is 224 g/mol. The predicted octanol–water partition coefficient (Wildman–Crippen LogP) is 3.59. The molecule has 1 unspecified atom stereocenters. The number of aliphatic hydroxyl groups is 1. The van der Waals surface area contributed by atoms with Crippen molar-refractivity contribution in [1.82, 2.24) is 0 Å². The summed E-state index contributed by atoms with van der Waals surface area (Å²) in [5, 5.41) is 10.8. The Hall–Kier alpha value is -0.860. The third kappa shape index (κ3) is 2.19. The van der Waals surface area contributed by atoms with Gasteiger partial charge in [0, 0.05) is 7.11 Å². The first-order chi connectivity index (χ1) is 8.38. The zero-order valence-corrected chi connectivity index (χ0v) is 11.9. The van der Waals surface area contributed by atoms with Crippen molar-refractivity contribution >= 4 is 0 Å². The Morgan fingerprint density at radius 3 is 2.39 bits per heavy atom. The SMILES string of the molecule is COC(C)(C)C(C)(O)c1cccc(C2CCC2)c1. The molecule has 1 aromatic rings. The van der Waals surface area contributed by atoms with Gasteiger partial charge in [0.15, 0.2) is 0 Å². The van der Waals surface area contributed by atoms with E-state index in [4.69, 9.17) is 4.74 Å². The molecule has 0 amide bonds. The average molecular weight is 248 g/mol. The number of rotatable bonds is 4. The summed E-state index contributed by atoms with van der Waals surface area (Å²) in [4.78, 5) is 0. The molecule has 1 aromatic carbocycles. The summed E-state index contributed by atoms with van der Waals surface area (Å²) in [7, 11) is 1.64. The van der Waals surface area contributed by atoms with E-state index in [1.165, 1.54) is 24.8 Å². The molecule has 1 aliphatic carbocycles. The zero-order chi connectivity index (χ0) is 13.4. The highest BCUT2D eigenvalue weighted by Crippen LogP contribution is 2.40. The van der Waals surface area contributed by atoms with Crippen LogP contribution in [-0.4, -0.2) is 17.8 Å². The minimum Gasteiger partial charge on any atom is -0.382 e. The largest absolute Gasteiger partial charge is 0.382 e. The van der Waals surface area contributed by atoms with Crippen molar-refractivity contribution in [3.63, 3.8) is 0 Å². The van der Waals surface area contributed by atoms with Crippen LogP contribution in [0.4, 0.5) is 0 Å². The van der Waals surface area contributed by atoms with Crippen LogP contribution in [0.15, 0.2) is 24.3 Å². The van der Waals surface area contributed by atoms with Gasteiger partial charge in [-0.25, -0.2) is 0 Å². The Bertz CT molecular complexity index is 417. The van der Waals surface area contributed by atoms with Crippen molar-refractivity contribution in [1.29, 1.82) is 0 Å². The molecule has 2 nitrogen and oxygen atoms in total. The molecule has 2 heteroatoms. The third-order valence-electron chi connectivity index (χ3n) is 4.71. The lowest BCUT2D eigenvalue weighted by Gasteiger charge is -2.39. The zero-order valence-electron chi connectivity index (χ0n) is 11.9. The highest BCUT2D eigenvalue weighted by atomic mass is 16.5. The molecule has 0 aliphatic heterocycles. The van der Waals surface area contributed by atoms with Gasteiger partial charge in [0.05, 0.1) is 5.60 Å². The molecule has 0 heterocycles. The predicted molar refractivity (Wildman–Crippen MR) is 73.7 cm³/mol. The first-order valence-electron chi connectivity index (χ1n) is 6.76. The van der Waals surface area contributed by atoms with Crippen molar-refractivity contribution in [2.24, 2.45) is 0 Å². The lowest BCUT2D eigenvalue weighted by molar-refractivity contribution is -0.145. The van der Waals surface area contributed by atoms with Gasteiger partial charge in [-0.15, -0.1) is 0 Å². The molecule has 2 rings (SSSR count). The number of methoxy groups -OCH3 is 1. The maximum atomic E-state index is 10.8. The van der Waals surface area contributed by atoms with Crippen LogP contribution in [-0.2, 0) is 10.3 Å². The minimum absolute atomic E-state index is 0.606. The molecule has 0 radical (unpaired) electrons. The molecule has 1 atom stereocenters. The van der Waals surface area contributed by atoms with E-state index < -0.39 is 11.2 Å².